The van der Waals surface area contributed by atoms with Crippen LogP contribution < -0.4 is 5.32 Å². The van der Waals surface area contributed by atoms with Crippen molar-refractivity contribution in [2.75, 3.05) is 12.8 Å². The molecule has 1 heterocycles. The van der Waals surface area contributed by atoms with Gasteiger partial charge in [0.2, 0.25) is 0 Å². The standard InChI is InChI=1S/C14H16ClNOS/c1-18-14(6-7-14)9-16-8-11-10-4-2-3-5-12(10)17-13(11)15/h2-5,16H,6-9H2,1H3. The van der Waals surface area contributed by atoms with E-state index in [2.05, 4.69) is 17.6 Å². The lowest BCUT2D eigenvalue weighted by molar-refractivity contribution is 0.601. The SMILES string of the molecule is CSC1(CNCc2c(Cl)oc3ccccc23)CC1. The molecule has 2 aromatic rings. The molecule has 1 aromatic heterocycles. The summed E-state index contributed by atoms with van der Waals surface area (Å²) >= 11 is 8.12. The molecule has 2 nitrogen and oxygen atoms in total. The fraction of sp³-hybridized carbons (Fsp3) is 0.429. The zero-order chi connectivity index (χ0) is 12.6. The molecule has 1 fully saturated rings. The molecule has 0 bridgehead atoms. The summed E-state index contributed by atoms with van der Waals surface area (Å²) in [5.41, 5.74) is 1.94. The van der Waals surface area contributed by atoms with Gasteiger partial charge >= 0.3 is 0 Å². The molecule has 0 amide bonds. The molecule has 96 valence electrons. The van der Waals surface area contributed by atoms with Crippen LogP contribution in [0.2, 0.25) is 5.22 Å². The normalized spacial score (nSPS) is 17.2. The average Bonchev–Trinajstić information content (AvgIpc) is 3.09. The van der Waals surface area contributed by atoms with Crippen LogP contribution in [0.1, 0.15) is 18.4 Å². The van der Waals surface area contributed by atoms with Crippen LogP contribution in [0.15, 0.2) is 28.7 Å². The van der Waals surface area contributed by atoms with E-state index in [1.54, 1.807) is 0 Å². The third kappa shape index (κ3) is 2.27. The molecular weight excluding hydrogens is 266 g/mol. The van der Waals surface area contributed by atoms with Gasteiger partial charge in [-0.2, -0.15) is 11.8 Å². The highest BCUT2D eigenvalue weighted by Gasteiger charge is 2.41. The van der Waals surface area contributed by atoms with Crippen LogP contribution in [-0.4, -0.2) is 17.5 Å². The molecule has 3 rings (SSSR count). The van der Waals surface area contributed by atoms with E-state index in [4.69, 9.17) is 16.0 Å². The molecule has 1 aliphatic rings. The van der Waals surface area contributed by atoms with Crippen molar-refractivity contribution in [3.63, 3.8) is 0 Å². The smallest absolute Gasteiger partial charge is 0.199 e. The number of rotatable bonds is 5. The highest BCUT2D eigenvalue weighted by molar-refractivity contribution is 8.00. The van der Waals surface area contributed by atoms with Crippen LogP contribution in [-0.2, 0) is 6.54 Å². The van der Waals surface area contributed by atoms with Gasteiger partial charge in [-0.1, -0.05) is 18.2 Å². The van der Waals surface area contributed by atoms with E-state index in [9.17, 15) is 0 Å². The number of hydrogen-bond donors (Lipinski definition) is 1. The van der Waals surface area contributed by atoms with Gasteiger partial charge in [0.25, 0.3) is 0 Å². The predicted molar refractivity (Wildman–Crippen MR) is 78.4 cm³/mol. The van der Waals surface area contributed by atoms with E-state index in [-0.39, 0.29) is 0 Å². The Kier molecular flexibility index (Phi) is 3.31. The Balaban J connectivity index is 1.72. The zero-order valence-electron chi connectivity index (χ0n) is 10.3. The van der Waals surface area contributed by atoms with Gasteiger partial charge in [0, 0.05) is 28.8 Å². The van der Waals surface area contributed by atoms with Crippen molar-refractivity contribution in [3.8, 4) is 0 Å². The van der Waals surface area contributed by atoms with Crippen LogP contribution in [0, 0.1) is 0 Å². The number of furan rings is 1. The molecule has 0 unspecified atom stereocenters. The third-order valence-electron chi connectivity index (χ3n) is 3.64. The summed E-state index contributed by atoms with van der Waals surface area (Å²) in [6.45, 7) is 1.82. The van der Waals surface area contributed by atoms with Gasteiger partial charge < -0.3 is 9.73 Å². The summed E-state index contributed by atoms with van der Waals surface area (Å²) in [6.07, 6.45) is 4.83. The minimum absolute atomic E-state index is 0.478. The van der Waals surface area contributed by atoms with Crippen molar-refractivity contribution < 1.29 is 4.42 Å². The van der Waals surface area contributed by atoms with Crippen LogP contribution in [0.25, 0.3) is 11.0 Å². The van der Waals surface area contributed by atoms with Gasteiger partial charge in [0.1, 0.15) is 5.58 Å². The number of para-hydroxylation sites is 1. The zero-order valence-corrected chi connectivity index (χ0v) is 11.9. The molecular formula is C14H16ClNOS. The number of fused-ring (bicyclic) bond motifs is 1. The van der Waals surface area contributed by atoms with Gasteiger partial charge in [-0.05, 0) is 36.8 Å². The number of nitrogens with one attached hydrogen (secondary N) is 1. The Morgan fingerprint density at radius 3 is 2.89 bits per heavy atom. The molecule has 1 saturated carbocycles. The minimum atomic E-state index is 0.478. The highest BCUT2D eigenvalue weighted by atomic mass is 35.5. The number of benzene rings is 1. The van der Waals surface area contributed by atoms with Crippen LogP contribution in [0.5, 0.6) is 0 Å². The Hall–Kier alpha value is -0.640. The molecule has 18 heavy (non-hydrogen) atoms. The number of hydrogen-bond acceptors (Lipinski definition) is 3. The van der Waals surface area contributed by atoms with E-state index in [0.29, 0.717) is 9.97 Å². The minimum Gasteiger partial charge on any atom is -0.444 e. The predicted octanol–water partition coefficient (Wildman–Crippen LogP) is 4.07. The molecule has 1 N–H and O–H groups in total. The van der Waals surface area contributed by atoms with E-state index in [1.807, 2.05) is 30.0 Å². The van der Waals surface area contributed by atoms with E-state index in [1.165, 1.54) is 12.8 Å². The van der Waals surface area contributed by atoms with E-state index in [0.717, 1.165) is 29.6 Å². The van der Waals surface area contributed by atoms with Crippen molar-refractivity contribution in [1.29, 1.82) is 0 Å². The number of thioether (sulfide) groups is 1. The van der Waals surface area contributed by atoms with Crippen molar-refractivity contribution >= 4 is 34.3 Å². The van der Waals surface area contributed by atoms with Crippen molar-refractivity contribution in [2.24, 2.45) is 0 Å². The summed E-state index contributed by atoms with van der Waals surface area (Å²) in [5, 5.41) is 5.14. The molecule has 0 atom stereocenters. The molecule has 0 saturated heterocycles. The van der Waals surface area contributed by atoms with Gasteiger partial charge in [-0.25, -0.2) is 0 Å². The Bertz CT molecular complexity index is 562. The maximum Gasteiger partial charge on any atom is 0.199 e. The molecule has 4 heteroatoms. The summed E-state index contributed by atoms with van der Waals surface area (Å²) < 4.78 is 6.02. The molecule has 1 aromatic carbocycles. The lowest BCUT2D eigenvalue weighted by Crippen LogP contribution is -2.25. The Labute approximate surface area is 116 Å². The Morgan fingerprint density at radius 1 is 1.39 bits per heavy atom. The van der Waals surface area contributed by atoms with E-state index < -0.39 is 0 Å². The largest absolute Gasteiger partial charge is 0.444 e. The van der Waals surface area contributed by atoms with E-state index >= 15 is 0 Å². The number of halogens is 1. The first-order chi connectivity index (χ1) is 8.74. The average molecular weight is 282 g/mol. The summed E-state index contributed by atoms with van der Waals surface area (Å²) in [6, 6.07) is 7.99. The quantitative estimate of drug-likeness (QED) is 0.894. The first-order valence-electron chi connectivity index (χ1n) is 6.16. The molecule has 0 radical (unpaired) electrons. The van der Waals surface area contributed by atoms with Crippen molar-refractivity contribution in [2.45, 2.75) is 24.1 Å². The van der Waals surface area contributed by atoms with Crippen LogP contribution in [0.4, 0.5) is 0 Å². The second kappa shape index (κ2) is 4.80. The second-order valence-electron chi connectivity index (χ2n) is 4.84. The highest BCUT2D eigenvalue weighted by Crippen LogP contribution is 2.46. The fourth-order valence-electron chi connectivity index (χ4n) is 2.24. The maximum atomic E-state index is 6.16. The van der Waals surface area contributed by atoms with Crippen LogP contribution >= 0.6 is 23.4 Å². The summed E-state index contributed by atoms with van der Waals surface area (Å²) in [4.78, 5) is 0. The summed E-state index contributed by atoms with van der Waals surface area (Å²) in [5.74, 6) is 0. The van der Waals surface area contributed by atoms with Crippen molar-refractivity contribution in [3.05, 3.63) is 35.0 Å². The van der Waals surface area contributed by atoms with Gasteiger partial charge in [-0.3, -0.25) is 0 Å². The van der Waals surface area contributed by atoms with Gasteiger partial charge in [0.05, 0.1) is 0 Å². The topological polar surface area (TPSA) is 25.2 Å². The van der Waals surface area contributed by atoms with Gasteiger partial charge in [-0.15, -0.1) is 0 Å². The monoisotopic (exact) mass is 281 g/mol. The van der Waals surface area contributed by atoms with Crippen LogP contribution in [0.3, 0.4) is 0 Å². The first kappa shape index (κ1) is 12.4. The molecule has 0 aliphatic heterocycles. The van der Waals surface area contributed by atoms with Crippen molar-refractivity contribution in [1.82, 2.24) is 5.32 Å². The lowest BCUT2D eigenvalue weighted by atomic mass is 10.2. The first-order valence-corrected chi connectivity index (χ1v) is 7.76. The summed E-state index contributed by atoms with van der Waals surface area (Å²) in [7, 11) is 0. The third-order valence-corrected chi connectivity index (χ3v) is 5.36. The maximum absolute atomic E-state index is 6.16. The molecule has 1 aliphatic carbocycles. The fourth-order valence-corrected chi connectivity index (χ4v) is 3.25. The Morgan fingerprint density at radius 2 is 2.17 bits per heavy atom. The molecule has 0 spiro atoms. The van der Waals surface area contributed by atoms with Gasteiger partial charge in [0.15, 0.2) is 5.22 Å². The lowest BCUT2D eigenvalue weighted by Gasteiger charge is -2.12. The second-order valence-corrected chi connectivity index (χ2v) is 6.46.